The minimum Gasteiger partial charge on any atom is -0.493 e. The van der Waals surface area contributed by atoms with E-state index in [2.05, 4.69) is 0 Å². The number of hydrogen-bond donors (Lipinski definition) is 0. The van der Waals surface area contributed by atoms with Crippen LogP contribution in [0.2, 0.25) is 5.02 Å². The minimum absolute atomic E-state index is 0.138. The molecule has 0 aromatic heterocycles. The Hall–Kier alpha value is -2.46. The van der Waals surface area contributed by atoms with Gasteiger partial charge in [-0.3, -0.25) is 4.79 Å². The lowest BCUT2D eigenvalue weighted by molar-refractivity contribution is 0.104. The molecule has 4 nitrogen and oxygen atoms in total. The van der Waals surface area contributed by atoms with Gasteiger partial charge in [-0.05, 0) is 35.9 Å². The van der Waals surface area contributed by atoms with Crippen molar-refractivity contribution in [2.75, 3.05) is 21.3 Å². The van der Waals surface area contributed by atoms with Gasteiger partial charge in [0, 0.05) is 10.6 Å². The molecule has 0 aliphatic carbocycles. The molecule has 0 bridgehead atoms. The number of rotatable bonds is 6. The summed E-state index contributed by atoms with van der Waals surface area (Å²) in [5.74, 6) is 1.43. The number of carbonyl (C=O) groups excluding carboxylic acids is 1. The van der Waals surface area contributed by atoms with Gasteiger partial charge in [-0.2, -0.15) is 0 Å². The predicted molar refractivity (Wildman–Crippen MR) is 90.9 cm³/mol. The Kier molecular flexibility index (Phi) is 5.66. The van der Waals surface area contributed by atoms with Gasteiger partial charge >= 0.3 is 0 Å². The number of methoxy groups -OCH3 is 3. The fraction of sp³-hybridized carbons (Fsp3) is 0.167. The number of benzene rings is 2. The van der Waals surface area contributed by atoms with Crippen molar-refractivity contribution < 1.29 is 19.0 Å². The fourth-order valence-corrected chi connectivity index (χ4v) is 2.30. The highest BCUT2D eigenvalue weighted by atomic mass is 35.5. The Morgan fingerprint density at radius 1 is 1.00 bits per heavy atom. The van der Waals surface area contributed by atoms with Crippen molar-refractivity contribution in [1.29, 1.82) is 0 Å². The second kappa shape index (κ2) is 7.70. The van der Waals surface area contributed by atoms with Crippen molar-refractivity contribution in [3.8, 4) is 17.2 Å². The van der Waals surface area contributed by atoms with Gasteiger partial charge in [-0.15, -0.1) is 0 Å². The first kappa shape index (κ1) is 16.9. The first-order valence-electron chi connectivity index (χ1n) is 6.87. The van der Waals surface area contributed by atoms with E-state index in [1.165, 1.54) is 6.08 Å². The van der Waals surface area contributed by atoms with E-state index in [-0.39, 0.29) is 5.78 Å². The fourth-order valence-electron chi connectivity index (χ4n) is 2.11. The molecule has 23 heavy (non-hydrogen) atoms. The summed E-state index contributed by atoms with van der Waals surface area (Å²) in [5.41, 5.74) is 1.29. The summed E-state index contributed by atoms with van der Waals surface area (Å²) < 4.78 is 15.8. The van der Waals surface area contributed by atoms with Crippen LogP contribution in [0.15, 0.2) is 42.5 Å². The molecule has 0 N–H and O–H groups in total. The Labute approximate surface area is 140 Å². The largest absolute Gasteiger partial charge is 0.493 e. The molecule has 0 atom stereocenters. The molecule has 2 aromatic rings. The third-order valence-electron chi connectivity index (χ3n) is 3.22. The van der Waals surface area contributed by atoms with Crippen LogP contribution in [0, 0.1) is 0 Å². The van der Waals surface area contributed by atoms with Crippen LogP contribution >= 0.6 is 11.6 Å². The van der Waals surface area contributed by atoms with E-state index in [9.17, 15) is 4.79 Å². The second-order valence-corrected chi connectivity index (χ2v) is 5.10. The average Bonchev–Trinajstić information content (AvgIpc) is 2.58. The monoisotopic (exact) mass is 332 g/mol. The molecule has 0 spiro atoms. The summed E-state index contributed by atoms with van der Waals surface area (Å²) in [6, 6.07) is 10.3. The van der Waals surface area contributed by atoms with Crippen LogP contribution in [0.25, 0.3) is 6.08 Å². The van der Waals surface area contributed by atoms with Crippen LogP contribution in [0.3, 0.4) is 0 Å². The summed E-state index contributed by atoms with van der Waals surface area (Å²) >= 11 is 5.90. The van der Waals surface area contributed by atoms with Crippen molar-refractivity contribution in [1.82, 2.24) is 0 Å². The number of halogens is 1. The van der Waals surface area contributed by atoms with Crippen LogP contribution in [0.5, 0.6) is 17.2 Å². The Morgan fingerprint density at radius 3 is 2.17 bits per heavy atom. The molecule has 0 radical (unpaired) electrons. The molecule has 0 amide bonds. The van der Waals surface area contributed by atoms with Crippen LogP contribution in [-0.2, 0) is 0 Å². The molecule has 0 aliphatic rings. The van der Waals surface area contributed by atoms with Gasteiger partial charge in [0.2, 0.25) is 5.75 Å². The summed E-state index contributed by atoms with van der Waals surface area (Å²) in [7, 11) is 4.63. The molecule has 0 aliphatic heterocycles. The van der Waals surface area contributed by atoms with Gasteiger partial charge in [0.05, 0.1) is 21.3 Å². The van der Waals surface area contributed by atoms with Gasteiger partial charge in [0.1, 0.15) is 0 Å². The zero-order chi connectivity index (χ0) is 16.8. The molecular weight excluding hydrogens is 316 g/mol. The van der Waals surface area contributed by atoms with E-state index in [0.29, 0.717) is 27.8 Å². The standard InChI is InChI=1S/C18H17ClO4/c1-21-16-9-12(10-17(22-2)18(16)23-3)7-8-15(20)13-5-4-6-14(19)11-13/h4-11H,1-3H3/b8-7+. The highest BCUT2D eigenvalue weighted by Gasteiger charge is 2.12. The summed E-state index contributed by atoms with van der Waals surface area (Å²) in [6.07, 6.45) is 3.17. The predicted octanol–water partition coefficient (Wildman–Crippen LogP) is 4.26. The maximum atomic E-state index is 12.2. The molecular formula is C18H17ClO4. The number of carbonyl (C=O) groups is 1. The maximum Gasteiger partial charge on any atom is 0.203 e. The highest BCUT2D eigenvalue weighted by molar-refractivity contribution is 6.31. The Bertz CT molecular complexity index is 713. The first-order chi connectivity index (χ1) is 11.1. The van der Waals surface area contributed by atoms with Crippen molar-refractivity contribution in [2.45, 2.75) is 0 Å². The van der Waals surface area contributed by atoms with Gasteiger partial charge in [0.25, 0.3) is 0 Å². The van der Waals surface area contributed by atoms with Crippen molar-refractivity contribution in [2.24, 2.45) is 0 Å². The van der Waals surface area contributed by atoms with Crippen LogP contribution in [-0.4, -0.2) is 27.1 Å². The quantitative estimate of drug-likeness (QED) is 0.585. The van der Waals surface area contributed by atoms with E-state index in [4.69, 9.17) is 25.8 Å². The maximum absolute atomic E-state index is 12.2. The SMILES string of the molecule is COc1cc(/C=C/C(=O)c2cccc(Cl)c2)cc(OC)c1OC. The molecule has 0 heterocycles. The molecule has 0 saturated carbocycles. The van der Waals surface area contributed by atoms with Gasteiger partial charge in [0.15, 0.2) is 17.3 Å². The van der Waals surface area contributed by atoms with Crippen molar-refractivity contribution in [3.05, 3.63) is 58.6 Å². The number of ketones is 1. The zero-order valence-corrected chi connectivity index (χ0v) is 13.9. The average molecular weight is 333 g/mol. The van der Waals surface area contributed by atoms with Gasteiger partial charge in [-0.25, -0.2) is 0 Å². The lowest BCUT2D eigenvalue weighted by Crippen LogP contribution is -1.96. The van der Waals surface area contributed by atoms with Crippen LogP contribution in [0.1, 0.15) is 15.9 Å². The Morgan fingerprint density at radius 2 is 1.65 bits per heavy atom. The normalized spacial score (nSPS) is 10.6. The molecule has 0 saturated heterocycles. The summed E-state index contributed by atoms with van der Waals surface area (Å²) in [6.45, 7) is 0. The molecule has 5 heteroatoms. The summed E-state index contributed by atoms with van der Waals surface area (Å²) in [4.78, 5) is 12.2. The molecule has 0 unspecified atom stereocenters. The van der Waals surface area contributed by atoms with Crippen molar-refractivity contribution in [3.63, 3.8) is 0 Å². The van der Waals surface area contributed by atoms with E-state index < -0.39 is 0 Å². The summed E-state index contributed by atoms with van der Waals surface area (Å²) in [5, 5.41) is 0.525. The molecule has 0 fully saturated rings. The van der Waals surface area contributed by atoms with E-state index in [1.807, 2.05) is 0 Å². The molecule has 2 rings (SSSR count). The highest BCUT2D eigenvalue weighted by Crippen LogP contribution is 2.38. The molecule has 120 valence electrons. The second-order valence-electron chi connectivity index (χ2n) is 4.67. The van der Waals surface area contributed by atoms with Crippen LogP contribution < -0.4 is 14.2 Å². The number of allylic oxidation sites excluding steroid dienone is 1. The Balaban J connectivity index is 2.30. The molecule has 2 aromatic carbocycles. The third kappa shape index (κ3) is 4.05. The van der Waals surface area contributed by atoms with E-state index in [1.54, 1.807) is 63.8 Å². The lowest BCUT2D eigenvalue weighted by Gasteiger charge is -2.12. The van der Waals surface area contributed by atoms with Gasteiger partial charge in [-0.1, -0.05) is 29.8 Å². The third-order valence-corrected chi connectivity index (χ3v) is 3.46. The number of ether oxygens (including phenoxy) is 3. The zero-order valence-electron chi connectivity index (χ0n) is 13.1. The smallest absolute Gasteiger partial charge is 0.203 e. The van der Waals surface area contributed by atoms with E-state index in [0.717, 1.165) is 5.56 Å². The van der Waals surface area contributed by atoms with Crippen molar-refractivity contribution >= 4 is 23.5 Å². The van der Waals surface area contributed by atoms with E-state index >= 15 is 0 Å². The number of hydrogen-bond acceptors (Lipinski definition) is 4. The topological polar surface area (TPSA) is 44.8 Å². The lowest BCUT2D eigenvalue weighted by atomic mass is 10.1. The first-order valence-corrected chi connectivity index (χ1v) is 7.24. The van der Waals surface area contributed by atoms with Crippen LogP contribution in [0.4, 0.5) is 0 Å². The van der Waals surface area contributed by atoms with Gasteiger partial charge < -0.3 is 14.2 Å². The minimum atomic E-state index is -0.138.